The number of methoxy groups -OCH3 is 1. The maximum Gasteiger partial charge on any atom is 0.305 e. The first-order valence-corrected chi connectivity index (χ1v) is 8.26. The van der Waals surface area contributed by atoms with E-state index in [0.717, 1.165) is 30.6 Å². The minimum atomic E-state index is -0.324. The van der Waals surface area contributed by atoms with Crippen LogP contribution in [-0.4, -0.2) is 39.0 Å². The molecule has 0 amide bonds. The number of para-hydroxylation sites is 1. The van der Waals surface area contributed by atoms with Crippen molar-refractivity contribution in [1.29, 1.82) is 0 Å². The topological polar surface area (TPSA) is 54.0 Å². The highest BCUT2D eigenvalue weighted by Gasteiger charge is 2.24. The van der Waals surface area contributed by atoms with E-state index in [1.807, 2.05) is 31.2 Å². The van der Waals surface area contributed by atoms with Gasteiger partial charge in [-0.15, -0.1) is 0 Å². The van der Waals surface area contributed by atoms with Crippen molar-refractivity contribution in [3.63, 3.8) is 0 Å². The normalized spacial score (nSPS) is 16.8. The second-order valence-electron chi connectivity index (χ2n) is 5.61. The number of hydrogen-bond donors (Lipinski definition) is 0. The van der Waals surface area contributed by atoms with E-state index in [9.17, 15) is 4.79 Å². The number of ether oxygens (including phenoxy) is 4. The third-order valence-electron chi connectivity index (χ3n) is 3.86. The van der Waals surface area contributed by atoms with E-state index in [4.69, 9.17) is 18.9 Å². The van der Waals surface area contributed by atoms with Gasteiger partial charge in [0.25, 0.3) is 0 Å². The standard InChI is InChI=1S/C18H26O5/c1-3-6-18(19)22-13-17(23-14-9-11-21-12-10-14)15-7-4-5-8-16(15)20-2/h4-5,7-8,14,17H,3,6,9-13H2,1-2H3/t17-/m1/s1. The zero-order valence-electron chi connectivity index (χ0n) is 14.0. The molecule has 1 saturated heterocycles. The molecule has 0 N–H and O–H groups in total. The van der Waals surface area contributed by atoms with E-state index in [2.05, 4.69) is 0 Å². The van der Waals surface area contributed by atoms with E-state index in [-0.39, 0.29) is 24.8 Å². The lowest BCUT2D eigenvalue weighted by Crippen LogP contribution is -2.27. The summed E-state index contributed by atoms with van der Waals surface area (Å²) in [5.41, 5.74) is 0.908. The number of carbonyl (C=O) groups is 1. The first kappa shape index (κ1) is 17.8. The molecule has 1 atom stereocenters. The molecule has 0 saturated carbocycles. The number of benzene rings is 1. The van der Waals surface area contributed by atoms with Gasteiger partial charge in [-0.1, -0.05) is 25.1 Å². The predicted molar refractivity (Wildman–Crippen MR) is 86.5 cm³/mol. The van der Waals surface area contributed by atoms with Crippen LogP contribution in [0.1, 0.15) is 44.3 Å². The fourth-order valence-corrected chi connectivity index (χ4v) is 2.62. The van der Waals surface area contributed by atoms with Gasteiger partial charge in [-0.3, -0.25) is 4.79 Å². The van der Waals surface area contributed by atoms with Crippen molar-refractivity contribution in [2.45, 2.75) is 44.8 Å². The summed E-state index contributed by atoms with van der Waals surface area (Å²) in [5, 5.41) is 0. The van der Waals surface area contributed by atoms with Gasteiger partial charge in [0.1, 0.15) is 18.5 Å². The van der Waals surface area contributed by atoms with Crippen LogP contribution < -0.4 is 4.74 Å². The maximum absolute atomic E-state index is 11.7. The van der Waals surface area contributed by atoms with Gasteiger partial charge in [0, 0.05) is 25.2 Å². The van der Waals surface area contributed by atoms with Gasteiger partial charge in [-0.05, 0) is 25.3 Å². The highest BCUT2D eigenvalue weighted by Crippen LogP contribution is 2.30. The second-order valence-corrected chi connectivity index (χ2v) is 5.61. The molecule has 0 aliphatic carbocycles. The zero-order valence-corrected chi connectivity index (χ0v) is 14.0. The van der Waals surface area contributed by atoms with Crippen LogP contribution in [0.5, 0.6) is 5.75 Å². The van der Waals surface area contributed by atoms with Crippen molar-refractivity contribution < 1.29 is 23.7 Å². The quantitative estimate of drug-likeness (QED) is 0.688. The van der Waals surface area contributed by atoms with Crippen LogP contribution in [0.15, 0.2) is 24.3 Å². The Labute approximate surface area is 137 Å². The van der Waals surface area contributed by atoms with Crippen molar-refractivity contribution in [2.24, 2.45) is 0 Å². The molecule has 1 aromatic carbocycles. The Morgan fingerprint density at radius 2 is 2.04 bits per heavy atom. The molecule has 1 aliphatic rings. The molecule has 1 heterocycles. The summed E-state index contributed by atoms with van der Waals surface area (Å²) >= 11 is 0. The Hall–Kier alpha value is -1.59. The van der Waals surface area contributed by atoms with Gasteiger partial charge in [0.05, 0.1) is 13.2 Å². The molecule has 1 fully saturated rings. The van der Waals surface area contributed by atoms with Gasteiger partial charge < -0.3 is 18.9 Å². The lowest BCUT2D eigenvalue weighted by Gasteiger charge is -2.28. The Morgan fingerprint density at radius 1 is 1.30 bits per heavy atom. The number of hydrogen-bond acceptors (Lipinski definition) is 5. The molecule has 23 heavy (non-hydrogen) atoms. The molecule has 2 rings (SSSR count). The van der Waals surface area contributed by atoms with Gasteiger partial charge >= 0.3 is 5.97 Å². The van der Waals surface area contributed by atoms with Crippen molar-refractivity contribution in [3.8, 4) is 5.75 Å². The summed E-state index contributed by atoms with van der Waals surface area (Å²) in [4.78, 5) is 11.7. The predicted octanol–water partition coefficient (Wildman–Crippen LogP) is 3.28. The lowest BCUT2D eigenvalue weighted by atomic mass is 10.1. The molecule has 1 aromatic rings. The Balaban J connectivity index is 2.07. The third kappa shape index (κ3) is 5.52. The van der Waals surface area contributed by atoms with Crippen molar-refractivity contribution >= 4 is 5.97 Å². The van der Waals surface area contributed by atoms with E-state index in [1.54, 1.807) is 7.11 Å². The molecule has 5 heteroatoms. The van der Waals surface area contributed by atoms with Gasteiger partial charge in [0.15, 0.2) is 0 Å². The van der Waals surface area contributed by atoms with E-state index in [1.165, 1.54) is 0 Å². The summed E-state index contributed by atoms with van der Waals surface area (Å²) in [5.74, 6) is 0.555. The molecule has 0 aromatic heterocycles. The first-order valence-electron chi connectivity index (χ1n) is 8.26. The maximum atomic E-state index is 11.7. The molecule has 1 aliphatic heterocycles. The highest BCUT2D eigenvalue weighted by molar-refractivity contribution is 5.69. The molecule has 0 bridgehead atoms. The first-order chi connectivity index (χ1) is 11.2. The summed E-state index contributed by atoms with van der Waals surface area (Å²) in [6.07, 6.45) is 2.71. The SMILES string of the molecule is CCCC(=O)OC[C@@H](OC1CCOCC1)c1ccccc1OC. The number of esters is 1. The van der Waals surface area contributed by atoms with Crippen molar-refractivity contribution in [1.82, 2.24) is 0 Å². The van der Waals surface area contributed by atoms with Gasteiger partial charge in [-0.25, -0.2) is 0 Å². The largest absolute Gasteiger partial charge is 0.496 e. The minimum absolute atomic E-state index is 0.114. The monoisotopic (exact) mass is 322 g/mol. The van der Waals surface area contributed by atoms with Gasteiger partial charge in [-0.2, -0.15) is 0 Å². The molecule has 5 nitrogen and oxygen atoms in total. The van der Waals surface area contributed by atoms with Gasteiger partial charge in [0.2, 0.25) is 0 Å². The molecule has 0 spiro atoms. The molecule has 0 unspecified atom stereocenters. The van der Waals surface area contributed by atoms with E-state index < -0.39 is 0 Å². The molecular weight excluding hydrogens is 296 g/mol. The third-order valence-corrected chi connectivity index (χ3v) is 3.86. The van der Waals surface area contributed by atoms with E-state index >= 15 is 0 Å². The second kappa shape index (κ2) is 9.53. The minimum Gasteiger partial charge on any atom is -0.496 e. The van der Waals surface area contributed by atoms with Crippen LogP contribution in [0.3, 0.4) is 0 Å². The highest BCUT2D eigenvalue weighted by atomic mass is 16.6. The lowest BCUT2D eigenvalue weighted by molar-refractivity contribution is -0.152. The Bertz CT molecular complexity index is 482. The molecule has 0 radical (unpaired) electrons. The number of carbonyl (C=O) groups excluding carboxylic acids is 1. The zero-order chi connectivity index (χ0) is 16.5. The summed E-state index contributed by atoms with van der Waals surface area (Å²) < 4.78 is 22.4. The van der Waals surface area contributed by atoms with Crippen LogP contribution >= 0.6 is 0 Å². The molecule has 128 valence electrons. The fourth-order valence-electron chi connectivity index (χ4n) is 2.62. The fraction of sp³-hybridized carbons (Fsp3) is 0.611. The Kier molecular flexibility index (Phi) is 7.36. The summed E-state index contributed by atoms with van der Waals surface area (Å²) in [6, 6.07) is 7.70. The Morgan fingerprint density at radius 3 is 2.74 bits per heavy atom. The van der Waals surface area contributed by atoms with Crippen LogP contribution in [0, 0.1) is 0 Å². The average Bonchev–Trinajstić information content (AvgIpc) is 2.59. The average molecular weight is 322 g/mol. The summed E-state index contributed by atoms with van der Waals surface area (Å²) in [7, 11) is 1.63. The van der Waals surface area contributed by atoms with Crippen LogP contribution in [0.4, 0.5) is 0 Å². The smallest absolute Gasteiger partial charge is 0.305 e. The van der Waals surface area contributed by atoms with E-state index in [0.29, 0.717) is 19.6 Å². The van der Waals surface area contributed by atoms with Crippen LogP contribution in [0.25, 0.3) is 0 Å². The van der Waals surface area contributed by atoms with Crippen LogP contribution in [-0.2, 0) is 19.0 Å². The van der Waals surface area contributed by atoms with Crippen LogP contribution in [0.2, 0.25) is 0 Å². The number of rotatable bonds is 8. The summed E-state index contributed by atoms with van der Waals surface area (Å²) in [6.45, 7) is 3.58. The van der Waals surface area contributed by atoms with Crippen molar-refractivity contribution in [2.75, 3.05) is 26.9 Å². The molecular formula is C18H26O5. The van der Waals surface area contributed by atoms with Crippen molar-refractivity contribution in [3.05, 3.63) is 29.8 Å².